The monoisotopic (exact) mass is 350 g/mol. The Morgan fingerprint density at radius 2 is 2.05 bits per heavy atom. The summed E-state index contributed by atoms with van der Waals surface area (Å²) in [5, 5.41) is 5.96. The number of nitrogens with one attached hydrogen (secondary N) is 2. The number of rotatable bonds is 5. The van der Waals surface area contributed by atoms with Crippen molar-refractivity contribution >= 4 is 28.2 Å². The third-order valence-electron chi connectivity index (χ3n) is 3.50. The van der Waals surface area contributed by atoms with Gasteiger partial charge in [0.25, 0.3) is 0 Å². The molecule has 1 aliphatic rings. The van der Waals surface area contributed by atoms with Gasteiger partial charge in [-0.3, -0.25) is 4.79 Å². The zero-order valence-electron chi connectivity index (χ0n) is 12.2. The van der Waals surface area contributed by atoms with Crippen molar-refractivity contribution in [3.8, 4) is 0 Å². The van der Waals surface area contributed by atoms with E-state index in [9.17, 15) is 17.6 Å². The molecule has 0 aliphatic carbocycles. The molecule has 2 N–H and O–H groups in total. The van der Waals surface area contributed by atoms with E-state index in [0.29, 0.717) is 6.54 Å². The first-order chi connectivity index (χ1) is 9.88. The average molecular weight is 351 g/mol. The molecule has 8 heteroatoms. The Balaban J connectivity index is 0.00000242. The van der Waals surface area contributed by atoms with Gasteiger partial charge in [-0.25, -0.2) is 12.8 Å². The van der Waals surface area contributed by atoms with Crippen molar-refractivity contribution in [1.29, 1.82) is 0 Å². The molecule has 0 saturated carbocycles. The molecule has 1 amide bonds. The summed E-state index contributed by atoms with van der Waals surface area (Å²) in [6, 6.07) is 4.70. The van der Waals surface area contributed by atoms with Crippen molar-refractivity contribution in [2.24, 2.45) is 5.92 Å². The summed E-state index contributed by atoms with van der Waals surface area (Å²) in [5.41, 5.74) is 0. The lowest BCUT2D eigenvalue weighted by Gasteiger charge is -2.16. The van der Waals surface area contributed by atoms with Crippen LogP contribution >= 0.6 is 12.4 Å². The van der Waals surface area contributed by atoms with Gasteiger partial charge >= 0.3 is 0 Å². The van der Waals surface area contributed by atoms with Crippen molar-refractivity contribution in [2.45, 2.75) is 24.3 Å². The Morgan fingerprint density at radius 3 is 2.59 bits per heavy atom. The summed E-state index contributed by atoms with van der Waals surface area (Å²) >= 11 is 0. The molecule has 0 radical (unpaired) electrons. The van der Waals surface area contributed by atoms with Crippen molar-refractivity contribution in [1.82, 2.24) is 10.6 Å². The van der Waals surface area contributed by atoms with Crippen molar-refractivity contribution in [3.05, 3.63) is 30.1 Å². The Labute approximate surface area is 136 Å². The Kier molecular flexibility index (Phi) is 6.77. The van der Waals surface area contributed by atoms with Gasteiger partial charge < -0.3 is 10.6 Å². The van der Waals surface area contributed by atoms with Gasteiger partial charge in [-0.05, 0) is 37.2 Å². The molecule has 0 aromatic heterocycles. The van der Waals surface area contributed by atoms with Crippen LogP contribution in [0.3, 0.4) is 0 Å². The van der Waals surface area contributed by atoms with Gasteiger partial charge in [-0.2, -0.15) is 0 Å². The Bertz CT molecular complexity index is 601. The van der Waals surface area contributed by atoms with E-state index in [0.717, 1.165) is 25.1 Å². The van der Waals surface area contributed by atoms with Crippen LogP contribution < -0.4 is 10.6 Å². The Morgan fingerprint density at radius 1 is 1.41 bits per heavy atom. The zero-order valence-corrected chi connectivity index (χ0v) is 13.8. The van der Waals surface area contributed by atoms with E-state index in [1.165, 1.54) is 12.1 Å². The van der Waals surface area contributed by atoms with E-state index in [1.54, 1.807) is 6.92 Å². The van der Waals surface area contributed by atoms with Crippen LogP contribution in [-0.4, -0.2) is 39.2 Å². The van der Waals surface area contributed by atoms with Gasteiger partial charge in [0.1, 0.15) is 5.82 Å². The van der Waals surface area contributed by atoms with Gasteiger partial charge in [-0.1, -0.05) is 6.92 Å². The maximum absolute atomic E-state index is 12.8. The van der Waals surface area contributed by atoms with Crippen LogP contribution in [0.15, 0.2) is 29.2 Å². The van der Waals surface area contributed by atoms with E-state index in [1.807, 2.05) is 0 Å². The molecule has 1 heterocycles. The van der Waals surface area contributed by atoms with Crippen LogP contribution in [0.1, 0.15) is 13.3 Å². The second-order valence-corrected chi connectivity index (χ2v) is 7.37. The minimum absolute atomic E-state index is 0. The summed E-state index contributed by atoms with van der Waals surface area (Å²) in [6.45, 7) is 3.15. The summed E-state index contributed by atoms with van der Waals surface area (Å²) in [5.74, 6) is -1.70. The van der Waals surface area contributed by atoms with E-state index in [4.69, 9.17) is 0 Å². The van der Waals surface area contributed by atoms with Crippen molar-refractivity contribution < 1.29 is 17.6 Å². The number of sulfone groups is 1. The molecule has 2 rings (SSSR count). The molecule has 1 fully saturated rings. The molecule has 1 saturated heterocycles. The van der Waals surface area contributed by atoms with Gasteiger partial charge in [0, 0.05) is 18.5 Å². The zero-order chi connectivity index (χ0) is 15.5. The fourth-order valence-electron chi connectivity index (χ4n) is 2.26. The number of amides is 1. The fourth-order valence-corrected chi connectivity index (χ4v) is 3.82. The fraction of sp³-hybridized carbons (Fsp3) is 0.500. The van der Waals surface area contributed by atoms with Gasteiger partial charge in [0.2, 0.25) is 5.91 Å². The summed E-state index contributed by atoms with van der Waals surface area (Å²) in [7, 11) is -3.60. The third kappa shape index (κ3) is 4.93. The summed E-state index contributed by atoms with van der Waals surface area (Å²) < 4.78 is 37.2. The lowest BCUT2D eigenvalue weighted by Crippen LogP contribution is -2.41. The molecule has 1 aromatic carbocycles. The predicted molar refractivity (Wildman–Crippen MR) is 84.3 cm³/mol. The number of carbonyl (C=O) groups is 1. The molecule has 22 heavy (non-hydrogen) atoms. The van der Waals surface area contributed by atoms with Gasteiger partial charge in [0.15, 0.2) is 9.84 Å². The maximum Gasteiger partial charge on any atom is 0.224 e. The topological polar surface area (TPSA) is 75.3 Å². The second-order valence-electron chi connectivity index (χ2n) is 5.33. The first-order valence-corrected chi connectivity index (χ1v) is 8.53. The van der Waals surface area contributed by atoms with Crippen molar-refractivity contribution in [2.75, 3.05) is 18.8 Å². The predicted octanol–water partition coefficient (Wildman–Crippen LogP) is 1.14. The standard InChI is InChI=1S/C14H19FN2O3S.ClH/c1-10(14(18)17-12-6-7-16-8-12)9-21(19,20)13-4-2-11(15)3-5-13;/h2-5,10,12,16H,6-9H2,1H3,(H,17,18);1H. The summed E-state index contributed by atoms with van der Waals surface area (Å²) in [4.78, 5) is 12.0. The van der Waals surface area contributed by atoms with Gasteiger partial charge in [-0.15, -0.1) is 12.4 Å². The molecule has 1 aliphatic heterocycles. The number of benzene rings is 1. The lowest BCUT2D eigenvalue weighted by molar-refractivity contribution is -0.124. The van der Waals surface area contributed by atoms with Crippen LogP contribution in [0.5, 0.6) is 0 Å². The first kappa shape index (κ1) is 18.9. The minimum atomic E-state index is -3.60. The Hall–Kier alpha value is -1.18. The highest BCUT2D eigenvalue weighted by molar-refractivity contribution is 7.91. The molecule has 2 unspecified atom stereocenters. The van der Waals surface area contributed by atoms with E-state index in [2.05, 4.69) is 10.6 Å². The quantitative estimate of drug-likeness (QED) is 0.781. The smallest absolute Gasteiger partial charge is 0.224 e. The molecule has 2 atom stereocenters. The summed E-state index contributed by atoms with van der Waals surface area (Å²) in [6.07, 6.45) is 0.850. The molecule has 0 spiro atoms. The van der Waals surface area contributed by atoms with E-state index in [-0.39, 0.29) is 35.0 Å². The maximum atomic E-state index is 12.8. The number of hydrogen-bond acceptors (Lipinski definition) is 4. The van der Waals surface area contributed by atoms with Crippen LogP contribution in [0.4, 0.5) is 4.39 Å². The van der Waals surface area contributed by atoms with Crippen molar-refractivity contribution in [3.63, 3.8) is 0 Å². The molecular weight excluding hydrogens is 331 g/mol. The third-order valence-corrected chi connectivity index (χ3v) is 5.43. The number of hydrogen-bond donors (Lipinski definition) is 2. The number of halogens is 2. The van der Waals surface area contributed by atoms with Gasteiger partial charge in [0.05, 0.1) is 10.6 Å². The van der Waals surface area contributed by atoms with Crippen LogP contribution in [0.2, 0.25) is 0 Å². The lowest BCUT2D eigenvalue weighted by atomic mass is 10.2. The van der Waals surface area contributed by atoms with Crippen LogP contribution in [0.25, 0.3) is 0 Å². The van der Waals surface area contributed by atoms with Crippen LogP contribution in [0, 0.1) is 11.7 Å². The molecular formula is C14H20ClFN2O3S. The van der Waals surface area contributed by atoms with E-state index < -0.39 is 21.6 Å². The largest absolute Gasteiger partial charge is 0.352 e. The minimum Gasteiger partial charge on any atom is -0.352 e. The SMILES string of the molecule is CC(CS(=O)(=O)c1ccc(F)cc1)C(=O)NC1CCNC1.Cl. The highest BCUT2D eigenvalue weighted by Crippen LogP contribution is 2.15. The molecule has 124 valence electrons. The molecule has 5 nitrogen and oxygen atoms in total. The molecule has 0 bridgehead atoms. The molecule has 1 aromatic rings. The highest BCUT2D eigenvalue weighted by atomic mass is 35.5. The average Bonchev–Trinajstić information content (AvgIpc) is 2.91. The second kappa shape index (κ2) is 7.89. The normalized spacial score (nSPS) is 19.3. The highest BCUT2D eigenvalue weighted by Gasteiger charge is 2.25. The first-order valence-electron chi connectivity index (χ1n) is 6.88. The number of carbonyl (C=O) groups excluding carboxylic acids is 1. The van der Waals surface area contributed by atoms with E-state index >= 15 is 0 Å². The van der Waals surface area contributed by atoms with Crippen LogP contribution in [-0.2, 0) is 14.6 Å².